The molecular formula is C30H31F3N8O3. The highest BCUT2D eigenvalue weighted by Crippen LogP contribution is 2.34. The summed E-state index contributed by atoms with van der Waals surface area (Å²) in [5, 5.41) is 14.4. The quantitative estimate of drug-likeness (QED) is 0.318. The molecule has 1 aliphatic heterocycles. The fourth-order valence-electron chi connectivity index (χ4n) is 5.85. The highest BCUT2D eigenvalue weighted by atomic mass is 19.4. The summed E-state index contributed by atoms with van der Waals surface area (Å²) in [5.41, 5.74) is 1.95. The molecule has 0 radical (unpaired) electrons. The molecule has 230 valence electrons. The second-order valence-electron chi connectivity index (χ2n) is 11.2. The van der Waals surface area contributed by atoms with Crippen LogP contribution in [0.5, 0.6) is 0 Å². The van der Waals surface area contributed by atoms with Gasteiger partial charge in [0, 0.05) is 43.8 Å². The Hall–Kier alpha value is -4.72. The zero-order valence-corrected chi connectivity index (χ0v) is 24.0. The first-order valence-electron chi connectivity index (χ1n) is 14.3. The number of anilines is 3. The van der Waals surface area contributed by atoms with Gasteiger partial charge in [-0.2, -0.15) is 18.2 Å². The number of alkyl halides is 3. The molecule has 44 heavy (non-hydrogen) atoms. The first kappa shape index (κ1) is 29.4. The summed E-state index contributed by atoms with van der Waals surface area (Å²) in [6, 6.07) is 11.0. The van der Waals surface area contributed by atoms with E-state index in [-0.39, 0.29) is 44.2 Å². The summed E-state index contributed by atoms with van der Waals surface area (Å²) in [7, 11) is 0. The van der Waals surface area contributed by atoms with Crippen LogP contribution in [0.3, 0.4) is 0 Å². The minimum absolute atomic E-state index is 0.0178. The van der Waals surface area contributed by atoms with Gasteiger partial charge in [0.2, 0.25) is 5.95 Å². The van der Waals surface area contributed by atoms with Gasteiger partial charge in [-0.3, -0.25) is 9.59 Å². The van der Waals surface area contributed by atoms with Crippen LogP contribution in [0, 0.1) is 0 Å². The van der Waals surface area contributed by atoms with Crippen molar-refractivity contribution in [3.05, 3.63) is 76.9 Å². The van der Waals surface area contributed by atoms with Crippen LogP contribution in [0.1, 0.15) is 31.0 Å². The van der Waals surface area contributed by atoms with Gasteiger partial charge in [-0.25, -0.2) is 19.3 Å². The maximum Gasteiger partial charge on any atom is 0.471 e. The third kappa shape index (κ3) is 5.41. The van der Waals surface area contributed by atoms with Gasteiger partial charge in [0.15, 0.2) is 11.5 Å². The van der Waals surface area contributed by atoms with Crippen molar-refractivity contribution in [2.75, 3.05) is 36.4 Å². The maximum atomic E-state index is 13.3. The van der Waals surface area contributed by atoms with E-state index in [2.05, 4.69) is 21.9 Å². The number of halogens is 3. The number of pyridine rings is 1. The second-order valence-corrected chi connectivity index (χ2v) is 11.2. The van der Waals surface area contributed by atoms with Crippen LogP contribution < -0.4 is 15.8 Å². The van der Waals surface area contributed by atoms with E-state index < -0.39 is 17.7 Å². The fourth-order valence-corrected chi connectivity index (χ4v) is 5.85. The van der Waals surface area contributed by atoms with Crippen molar-refractivity contribution in [3.63, 3.8) is 0 Å². The average Bonchev–Trinajstić information content (AvgIpc) is 3.27. The van der Waals surface area contributed by atoms with Crippen LogP contribution in [-0.4, -0.2) is 72.6 Å². The molecule has 1 aromatic carbocycles. The van der Waals surface area contributed by atoms with Gasteiger partial charge in [-0.1, -0.05) is 12.1 Å². The van der Waals surface area contributed by atoms with E-state index in [0.717, 1.165) is 29.0 Å². The Labute approximate surface area is 250 Å². The molecule has 1 amide bonds. The molecule has 14 heteroatoms. The Morgan fingerprint density at radius 3 is 2.52 bits per heavy atom. The number of aromatic nitrogens is 5. The lowest BCUT2D eigenvalue weighted by Crippen LogP contribution is -2.52. The molecule has 2 aliphatic rings. The summed E-state index contributed by atoms with van der Waals surface area (Å²) in [6.45, 7) is 6.25. The molecule has 1 saturated heterocycles. The number of amides is 1. The Balaban J connectivity index is 1.26. The predicted molar refractivity (Wildman–Crippen MR) is 158 cm³/mol. The van der Waals surface area contributed by atoms with Gasteiger partial charge in [0.05, 0.1) is 12.2 Å². The summed E-state index contributed by atoms with van der Waals surface area (Å²) in [6.07, 6.45) is 0.443. The number of allylic oxidation sites excluding steroid dienone is 1. The number of hydrogen-bond acceptors (Lipinski definition) is 8. The minimum atomic E-state index is -4.87. The lowest BCUT2D eigenvalue weighted by molar-refractivity contribution is -0.185. The van der Waals surface area contributed by atoms with Gasteiger partial charge >= 0.3 is 12.1 Å². The van der Waals surface area contributed by atoms with E-state index in [4.69, 9.17) is 4.98 Å². The van der Waals surface area contributed by atoms with Gasteiger partial charge in [0.25, 0.3) is 5.56 Å². The Kier molecular flexibility index (Phi) is 7.40. The van der Waals surface area contributed by atoms with Crippen LogP contribution in [0.4, 0.5) is 30.5 Å². The molecule has 1 fully saturated rings. The number of rotatable bonds is 6. The molecule has 4 heterocycles. The molecule has 11 nitrogen and oxygen atoms in total. The molecule has 0 spiro atoms. The first-order chi connectivity index (χ1) is 21.0. The van der Waals surface area contributed by atoms with E-state index in [1.165, 1.54) is 10.9 Å². The largest absolute Gasteiger partial charge is 0.471 e. The average molecular weight is 609 g/mol. The number of nitrogens with one attached hydrogen (secondary N) is 1. The van der Waals surface area contributed by atoms with Crippen molar-refractivity contribution in [2.45, 2.75) is 44.5 Å². The van der Waals surface area contributed by atoms with Gasteiger partial charge in [-0.05, 0) is 62.1 Å². The van der Waals surface area contributed by atoms with E-state index in [0.29, 0.717) is 34.7 Å². The lowest BCUT2D eigenvalue weighted by atomic mass is 9.84. The highest BCUT2D eigenvalue weighted by molar-refractivity contribution is 5.82. The number of hydrogen-bond donors (Lipinski definition) is 2. The van der Waals surface area contributed by atoms with E-state index in [1.54, 1.807) is 29.8 Å². The lowest BCUT2D eigenvalue weighted by Gasteiger charge is -2.36. The number of benzene rings is 1. The van der Waals surface area contributed by atoms with E-state index in [9.17, 15) is 27.9 Å². The van der Waals surface area contributed by atoms with Crippen LogP contribution in [0.2, 0.25) is 0 Å². The number of piperazine rings is 1. The number of nitrogens with zero attached hydrogens (tertiary/aromatic N) is 7. The minimum Gasteiger partial charge on any atom is -0.384 e. The molecule has 4 aromatic rings. The predicted octanol–water partition coefficient (Wildman–Crippen LogP) is 3.66. The third-order valence-electron chi connectivity index (χ3n) is 8.08. The van der Waals surface area contributed by atoms with Gasteiger partial charge in [0.1, 0.15) is 11.0 Å². The number of carbonyl (C=O) groups is 1. The third-order valence-corrected chi connectivity index (χ3v) is 8.08. The first-order valence-corrected chi connectivity index (χ1v) is 14.3. The molecule has 0 saturated carbocycles. The maximum absolute atomic E-state index is 13.3. The van der Waals surface area contributed by atoms with Crippen molar-refractivity contribution in [2.24, 2.45) is 0 Å². The molecule has 2 N–H and O–H groups in total. The smallest absolute Gasteiger partial charge is 0.384 e. The molecule has 6 rings (SSSR count). The standard InChI is InChI=1S/C30H31F3N8O3/c1-3-13-40-26(42)22-18-34-28(37-25(22)41(40)23-11-6-19-5-4-12-29(2,44)24(19)36-23)35-20-7-9-21(10-8-20)38-14-16-39(17-15-38)27(43)30(31,32)33/h3,6-11,18,44H,1,4-5,12-17H2,2H3,(H,34,35,37). The van der Waals surface area contributed by atoms with Crippen molar-refractivity contribution in [1.82, 2.24) is 29.2 Å². The number of fused-ring (bicyclic) bond motifs is 2. The molecule has 3 aromatic heterocycles. The van der Waals surface area contributed by atoms with Crippen molar-refractivity contribution >= 4 is 34.3 Å². The number of carbonyl (C=O) groups excluding carboxylic acids is 1. The van der Waals surface area contributed by atoms with Gasteiger partial charge in [-0.15, -0.1) is 6.58 Å². The Bertz CT molecular complexity index is 1790. The zero-order chi connectivity index (χ0) is 31.2. The number of aryl methyl sites for hydroxylation is 1. The monoisotopic (exact) mass is 608 g/mol. The van der Waals surface area contributed by atoms with Crippen LogP contribution in [0.15, 0.2) is 60.0 Å². The van der Waals surface area contributed by atoms with Crippen LogP contribution >= 0.6 is 0 Å². The Morgan fingerprint density at radius 1 is 1.11 bits per heavy atom. The molecule has 1 unspecified atom stereocenters. The summed E-state index contributed by atoms with van der Waals surface area (Å²) in [5.74, 6) is -1.14. The van der Waals surface area contributed by atoms with E-state index in [1.807, 2.05) is 29.2 Å². The van der Waals surface area contributed by atoms with Crippen molar-refractivity contribution in [1.29, 1.82) is 0 Å². The fraction of sp³-hybridized carbons (Fsp3) is 0.367. The second kappa shape index (κ2) is 11.1. The molecule has 1 aliphatic carbocycles. The Morgan fingerprint density at radius 2 is 1.84 bits per heavy atom. The summed E-state index contributed by atoms with van der Waals surface area (Å²) < 4.78 is 41.4. The zero-order valence-electron chi connectivity index (χ0n) is 24.0. The van der Waals surface area contributed by atoms with Crippen molar-refractivity contribution in [3.8, 4) is 5.82 Å². The number of aliphatic hydroxyl groups is 1. The topological polar surface area (TPSA) is 121 Å². The normalized spacial score (nSPS) is 18.8. The summed E-state index contributed by atoms with van der Waals surface area (Å²) >= 11 is 0. The van der Waals surface area contributed by atoms with Gasteiger partial charge < -0.3 is 20.2 Å². The SMILES string of the molecule is C=CCn1c(=O)c2cnc(Nc3ccc(N4CCN(C(=O)C(F)(F)F)CC4)cc3)nc2n1-c1ccc2c(n1)C(C)(O)CCC2. The van der Waals surface area contributed by atoms with Crippen LogP contribution in [-0.2, 0) is 23.4 Å². The molecular weight excluding hydrogens is 577 g/mol. The van der Waals surface area contributed by atoms with Crippen molar-refractivity contribution < 1.29 is 23.1 Å². The van der Waals surface area contributed by atoms with Crippen LogP contribution in [0.25, 0.3) is 16.9 Å². The molecule has 0 bridgehead atoms. The van der Waals surface area contributed by atoms with E-state index >= 15 is 0 Å². The highest BCUT2D eigenvalue weighted by Gasteiger charge is 2.43. The molecule has 1 atom stereocenters. The summed E-state index contributed by atoms with van der Waals surface area (Å²) in [4.78, 5) is 41.4.